The van der Waals surface area contributed by atoms with Crippen LogP contribution in [-0.4, -0.2) is 38.7 Å². The number of fused-ring (bicyclic) bond motifs is 4. The van der Waals surface area contributed by atoms with Gasteiger partial charge in [0.2, 0.25) is 11.8 Å². The number of halogens is 6. The summed E-state index contributed by atoms with van der Waals surface area (Å²) in [5.74, 6) is -7.11. The number of nitrogens with one attached hydrogen (secondary N) is 1. The molecule has 3 heterocycles. The molecule has 53 heavy (non-hydrogen) atoms. The summed E-state index contributed by atoms with van der Waals surface area (Å²) in [6.45, 7) is 0. The lowest BCUT2D eigenvalue weighted by atomic mass is 9.49. The lowest BCUT2D eigenvalue weighted by Crippen LogP contribution is -2.53. The second-order valence-corrected chi connectivity index (χ2v) is 15.6. The number of carbonyl (C=O) groups is 4. The Kier molecular flexibility index (Phi) is 8.61. The normalized spacial score (nSPS) is 26.7. The van der Waals surface area contributed by atoms with Crippen LogP contribution >= 0.6 is 45.8 Å². The lowest BCUT2D eigenvalue weighted by Gasteiger charge is -2.50. The van der Waals surface area contributed by atoms with Gasteiger partial charge in [-0.25, -0.2) is 4.98 Å². The van der Waals surface area contributed by atoms with Crippen molar-refractivity contribution in [2.24, 2.45) is 23.7 Å². The molecule has 2 saturated heterocycles. The van der Waals surface area contributed by atoms with E-state index in [0.717, 1.165) is 8.58 Å². The van der Waals surface area contributed by atoms with Crippen LogP contribution < -0.4 is 10.3 Å². The number of nitrogens with zero attached hydrogens (tertiary/aromatic N) is 3. The summed E-state index contributed by atoms with van der Waals surface area (Å²) < 4.78 is 41.2. The van der Waals surface area contributed by atoms with Crippen molar-refractivity contribution >= 4 is 80.9 Å². The highest BCUT2D eigenvalue weighted by Crippen LogP contribution is 2.64. The zero-order chi connectivity index (χ0) is 37.6. The molecule has 15 heteroatoms. The Morgan fingerprint density at radius 1 is 0.906 bits per heavy atom. The standard InChI is InChI=1S/C38H26Cl2F3IN4O5/c39-21-6-4-19(5-7-21)37-28(34(51)48(36(37)53)46-32-29(40)15-20(17-45-32)38(41,42)43)16-27-25(31(37)18-2-1-3-24(49)14-18)12-13-26-30(27)35(52)47(33(26)50)23-10-8-22(44)9-11-23/h1-12,14-15,17,26-28,30-31,49H,13,16H2,(H,45,46)/t26-,27+,28-,30-,31-,37+/m0/s1. The molecule has 0 radical (unpaired) electrons. The van der Waals surface area contributed by atoms with Crippen LogP contribution in [0.4, 0.5) is 24.7 Å². The van der Waals surface area contributed by atoms with Crippen molar-refractivity contribution in [3.05, 3.63) is 127 Å². The molecule has 4 aromatic rings. The first kappa shape index (κ1) is 35.6. The van der Waals surface area contributed by atoms with Crippen molar-refractivity contribution in [3.63, 3.8) is 0 Å². The van der Waals surface area contributed by atoms with Crippen LogP contribution in [0.3, 0.4) is 0 Å². The topological polar surface area (TPSA) is 120 Å². The van der Waals surface area contributed by atoms with Crippen molar-refractivity contribution in [1.82, 2.24) is 9.99 Å². The fourth-order valence-electron chi connectivity index (χ4n) is 8.71. The minimum atomic E-state index is -4.74. The number of pyridine rings is 1. The van der Waals surface area contributed by atoms with Gasteiger partial charge in [0.1, 0.15) is 5.75 Å². The number of imide groups is 2. The second-order valence-electron chi connectivity index (χ2n) is 13.5. The number of carbonyl (C=O) groups excluding carboxylic acids is 4. The molecule has 0 unspecified atom stereocenters. The zero-order valence-electron chi connectivity index (χ0n) is 27.2. The molecule has 270 valence electrons. The molecule has 2 aliphatic heterocycles. The van der Waals surface area contributed by atoms with E-state index in [-0.39, 0.29) is 30.3 Å². The maximum Gasteiger partial charge on any atom is 0.417 e. The first-order valence-corrected chi connectivity index (χ1v) is 18.3. The Labute approximate surface area is 323 Å². The van der Waals surface area contributed by atoms with E-state index in [1.807, 2.05) is 6.08 Å². The van der Waals surface area contributed by atoms with Gasteiger partial charge in [0.15, 0.2) is 5.82 Å². The zero-order valence-corrected chi connectivity index (χ0v) is 30.8. The molecule has 3 fully saturated rings. The molecular formula is C38H26Cl2F3IN4O5. The molecule has 3 aromatic carbocycles. The van der Waals surface area contributed by atoms with Gasteiger partial charge in [0.05, 0.1) is 39.4 Å². The van der Waals surface area contributed by atoms with Crippen LogP contribution in [0, 0.1) is 27.2 Å². The number of aromatic hydroxyl groups is 1. The summed E-state index contributed by atoms with van der Waals surface area (Å²) in [4.78, 5) is 63.3. The number of aromatic nitrogens is 1. The van der Waals surface area contributed by atoms with Gasteiger partial charge < -0.3 is 5.11 Å². The molecule has 0 bridgehead atoms. The van der Waals surface area contributed by atoms with Gasteiger partial charge in [-0.1, -0.05) is 59.1 Å². The van der Waals surface area contributed by atoms with Gasteiger partial charge in [0.25, 0.3) is 11.8 Å². The van der Waals surface area contributed by atoms with Crippen LogP contribution in [0.5, 0.6) is 5.75 Å². The van der Waals surface area contributed by atoms with Crippen LogP contribution in [0.15, 0.2) is 96.7 Å². The Morgan fingerprint density at radius 2 is 1.62 bits per heavy atom. The molecule has 1 saturated carbocycles. The molecular weight excluding hydrogens is 847 g/mol. The number of benzene rings is 3. The highest BCUT2D eigenvalue weighted by molar-refractivity contribution is 14.1. The largest absolute Gasteiger partial charge is 0.508 e. The van der Waals surface area contributed by atoms with Crippen molar-refractivity contribution in [1.29, 1.82) is 0 Å². The van der Waals surface area contributed by atoms with Crippen molar-refractivity contribution < 1.29 is 37.5 Å². The molecule has 4 amide bonds. The SMILES string of the molecule is O=C1[C@@H]2C[C@@H]3C(=CC[C@@H]4C(=O)N(c5ccc(I)cc5)C(=O)[C@@H]43)[C@H](c3cccc(O)c3)[C@]2(c2ccc(Cl)cc2)C(=O)N1Nc1ncc(C(F)(F)F)cc1Cl. The summed E-state index contributed by atoms with van der Waals surface area (Å²) in [5.41, 5.74) is 1.74. The van der Waals surface area contributed by atoms with Gasteiger partial charge in [-0.15, -0.1) is 0 Å². The predicted octanol–water partition coefficient (Wildman–Crippen LogP) is 7.91. The third kappa shape index (κ3) is 5.53. The summed E-state index contributed by atoms with van der Waals surface area (Å²) in [6, 6.07) is 20.4. The van der Waals surface area contributed by atoms with E-state index in [1.54, 1.807) is 60.7 Å². The number of hydrogen-bond acceptors (Lipinski definition) is 7. The maximum absolute atomic E-state index is 15.2. The average molecular weight is 873 g/mol. The fourth-order valence-corrected chi connectivity index (χ4v) is 9.40. The van der Waals surface area contributed by atoms with Gasteiger partial charge in [-0.05, 0) is 107 Å². The number of phenolic OH excluding ortho intramolecular Hbond substituents is 1. The van der Waals surface area contributed by atoms with E-state index in [9.17, 15) is 32.7 Å². The Hall–Kier alpha value is -4.47. The minimum Gasteiger partial charge on any atom is -0.508 e. The minimum absolute atomic E-state index is 0.0264. The number of hydrogen-bond donors (Lipinski definition) is 2. The van der Waals surface area contributed by atoms with Gasteiger partial charge >= 0.3 is 6.18 Å². The third-order valence-electron chi connectivity index (χ3n) is 10.8. The number of amides is 4. The fraction of sp³-hybridized carbons (Fsp3) is 0.237. The van der Waals surface area contributed by atoms with Crippen molar-refractivity contribution in [3.8, 4) is 5.75 Å². The Morgan fingerprint density at radius 3 is 2.28 bits per heavy atom. The first-order chi connectivity index (χ1) is 25.2. The molecule has 2 aliphatic carbocycles. The predicted molar refractivity (Wildman–Crippen MR) is 197 cm³/mol. The van der Waals surface area contributed by atoms with Crippen LogP contribution in [-0.2, 0) is 30.8 Å². The van der Waals surface area contributed by atoms with E-state index in [2.05, 4.69) is 33.0 Å². The van der Waals surface area contributed by atoms with Crippen LogP contribution in [0.1, 0.15) is 35.4 Å². The highest BCUT2D eigenvalue weighted by Gasteiger charge is 2.70. The average Bonchev–Trinajstić information content (AvgIpc) is 3.50. The van der Waals surface area contributed by atoms with Gasteiger partial charge in [0, 0.05) is 20.7 Å². The van der Waals surface area contributed by atoms with Gasteiger partial charge in [-0.2, -0.15) is 18.2 Å². The smallest absolute Gasteiger partial charge is 0.417 e. The molecule has 0 spiro atoms. The van der Waals surface area contributed by atoms with E-state index >= 15 is 4.79 Å². The third-order valence-corrected chi connectivity index (χ3v) is 12.1. The number of allylic oxidation sites excluding steroid dienone is 2. The van der Waals surface area contributed by atoms with E-state index < -0.39 is 69.5 Å². The summed E-state index contributed by atoms with van der Waals surface area (Å²) in [6.07, 6.45) is -2.17. The van der Waals surface area contributed by atoms with Crippen LogP contribution in [0.2, 0.25) is 10.0 Å². The lowest BCUT2D eigenvalue weighted by molar-refractivity contribution is -0.139. The summed E-state index contributed by atoms with van der Waals surface area (Å²) in [7, 11) is 0. The maximum atomic E-state index is 15.2. The molecule has 1 aromatic heterocycles. The monoisotopic (exact) mass is 872 g/mol. The number of hydrazine groups is 1. The number of phenols is 1. The van der Waals surface area contributed by atoms with Crippen molar-refractivity contribution in [2.75, 3.05) is 10.3 Å². The van der Waals surface area contributed by atoms with Crippen molar-refractivity contribution in [2.45, 2.75) is 30.4 Å². The number of rotatable bonds is 5. The van der Waals surface area contributed by atoms with Crippen LogP contribution in [0.25, 0.3) is 0 Å². The molecule has 8 rings (SSSR count). The Balaban J connectivity index is 1.30. The molecule has 6 atom stereocenters. The van der Waals surface area contributed by atoms with Gasteiger partial charge in [-0.3, -0.25) is 29.5 Å². The first-order valence-electron chi connectivity index (χ1n) is 16.5. The number of alkyl halides is 3. The highest BCUT2D eigenvalue weighted by atomic mass is 127. The number of anilines is 2. The quantitative estimate of drug-likeness (QED) is 0.119. The molecule has 4 aliphatic rings. The van der Waals surface area contributed by atoms with E-state index in [1.165, 1.54) is 17.0 Å². The Bertz CT molecular complexity index is 2250. The second kappa shape index (κ2) is 12.8. The summed E-state index contributed by atoms with van der Waals surface area (Å²) >= 11 is 14.7. The molecule has 9 nitrogen and oxygen atoms in total. The molecule has 2 N–H and O–H groups in total. The van der Waals surface area contributed by atoms with E-state index in [0.29, 0.717) is 39.7 Å². The summed E-state index contributed by atoms with van der Waals surface area (Å²) in [5, 5.41) is 11.3. The van der Waals surface area contributed by atoms with E-state index in [4.69, 9.17) is 23.2 Å².